The number of hydrogen-bond donors (Lipinski definition) is 2. The quantitative estimate of drug-likeness (QED) is 0.883. The number of amides is 2. The maximum Gasteiger partial charge on any atom is 0.255 e. The molecular formula is C19H18N2O4. The van der Waals surface area contributed by atoms with Gasteiger partial charge in [0.05, 0.1) is 5.41 Å². The molecule has 0 unspecified atom stereocenters. The van der Waals surface area contributed by atoms with E-state index in [1.54, 1.807) is 36.4 Å². The van der Waals surface area contributed by atoms with Crippen molar-refractivity contribution in [2.75, 3.05) is 23.8 Å². The van der Waals surface area contributed by atoms with E-state index in [2.05, 4.69) is 10.6 Å². The fraction of sp³-hybridized carbons (Fsp3) is 0.263. The molecule has 6 nitrogen and oxygen atoms in total. The van der Waals surface area contributed by atoms with Gasteiger partial charge in [-0.15, -0.1) is 0 Å². The molecule has 6 heteroatoms. The fourth-order valence-corrected chi connectivity index (χ4v) is 3.04. The lowest BCUT2D eigenvalue weighted by Crippen LogP contribution is -2.27. The Balaban J connectivity index is 1.58. The second kappa shape index (κ2) is 5.51. The van der Waals surface area contributed by atoms with Crippen LogP contribution in [-0.2, 0) is 10.2 Å². The molecule has 128 valence electrons. The fourth-order valence-electron chi connectivity index (χ4n) is 3.04. The van der Waals surface area contributed by atoms with Crippen LogP contribution in [0.25, 0.3) is 0 Å². The van der Waals surface area contributed by atoms with Crippen LogP contribution in [0.1, 0.15) is 29.8 Å². The van der Waals surface area contributed by atoms with E-state index in [1.807, 2.05) is 13.8 Å². The van der Waals surface area contributed by atoms with Gasteiger partial charge in [-0.2, -0.15) is 0 Å². The van der Waals surface area contributed by atoms with Crippen molar-refractivity contribution in [2.45, 2.75) is 19.3 Å². The summed E-state index contributed by atoms with van der Waals surface area (Å²) in [6.45, 7) is 4.70. The van der Waals surface area contributed by atoms with Gasteiger partial charge in [-0.05, 0) is 49.7 Å². The molecule has 2 aromatic rings. The minimum absolute atomic E-state index is 0.0631. The lowest BCUT2D eigenvalue weighted by atomic mass is 9.85. The van der Waals surface area contributed by atoms with Gasteiger partial charge in [0.1, 0.15) is 13.2 Å². The van der Waals surface area contributed by atoms with Crippen molar-refractivity contribution in [1.82, 2.24) is 0 Å². The first-order chi connectivity index (χ1) is 11.9. The van der Waals surface area contributed by atoms with Crippen molar-refractivity contribution in [1.29, 1.82) is 0 Å². The van der Waals surface area contributed by atoms with E-state index < -0.39 is 5.41 Å². The summed E-state index contributed by atoms with van der Waals surface area (Å²) in [7, 11) is 0. The minimum atomic E-state index is -0.650. The number of anilines is 2. The largest absolute Gasteiger partial charge is 0.486 e. The minimum Gasteiger partial charge on any atom is -0.486 e. The summed E-state index contributed by atoms with van der Waals surface area (Å²) in [5, 5.41) is 5.69. The maximum absolute atomic E-state index is 12.6. The molecule has 2 heterocycles. The zero-order valence-corrected chi connectivity index (χ0v) is 14.0. The van der Waals surface area contributed by atoms with Crippen LogP contribution in [0.5, 0.6) is 11.5 Å². The molecule has 0 aliphatic carbocycles. The summed E-state index contributed by atoms with van der Waals surface area (Å²) in [5.74, 6) is 0.989. The van der Waals surface area contributed by atoms with Crippen LogP contribution in [0, 0.1) is 0 Å². The van der Waals surface area contributed by atoms with E-state index >= 15 is 0 Å². The average Bonchev–Trinajstić information content (AvgIpc) is 2.83. The van der Waals surface area contributed by atoms with Crippen molar-refractivity contribution in [3.05, 3.63) is 47.5 Å². The van der Waals surface area contributed by atoms with Gasteiger partial charge in [-0.25, -0.2) is 0 Å². The van der Waals surface area contributed by atoms with Crippen LogP contribution in [-0.4, -0.2) is 25.0 Å². The molecule has 2 amide bonds. The van der Waals surface area contributed by atoms with Crippen molar-refractivity contribution in [2.24, 2.45) is 0 Å². The van der Waals surface area contributed by atoms with Crippen molar-refractivity contribution in [3.63, 3.8) is 0 Å². The van der Waals surface area contributed by atoms with Gasteiger partial charge in [0, 0.05) is 23.0 Å². The molecule has 2 N–H and O–H groups in total. The molecule has 25 heavy (non-hydrogen) atoms. The zero-order valence-electron chi connectivity index (χ0n) is 14.0. The highest BCUT2D eigenvalue weighted by molar-refractivity contribution is 6.09. The van der Waals surface area contributed by atoms with Gasteiger partial charge < -0.3 is 20.1 Å². The molecule has 0 fully saturated rings. The predicted molar refractivity (Wildman–Crippen MR) is 93.5 cm³/mol. The van der Waals surface area contributed by atoms with Gasteiger partial charge in [0.2, 0.25) is 5.91 Å². The lowest BCUT2D eigenvalue weighted by molar-refractivity contribution is -0.119. The highest BCUT2D eigenvalue weighted by atomic mass is 16.6. The van der Waals surface area contributed by atoms with Gasteiger partial charge >= 0.3 is 0 Å². The van der Waals surface area contributed by atoms with Crippen LogP contribution in [0.3, 0.4) is 0 Å². The number of rotatable bonds is 2. The molecule has 4 rings (SSSR count). The summed E-state index contributed by atoms with van der Waals surface area (Å²) in [6, 6.07) is 10.5. The highest BCUT2D eigenvalue weighted by Crippen LogP contribution is 2.38. The Bertz CT molecular complexity index is 889. The Kier molecular flexibility index (Phi) is 3.42. The highest BCUT2D eigenvalue weighted by Gasteiger charge is 2.38. The Morgan fingerprint density at radius 1 is 1.08 bits per heavy atom. The second-order valence-electron chi connectivity index (χ2n) is 6.65. The van der Waals surface area contributed by atoms with E-state index in [1.165, 1.54) is 0 Å². The Labute approximate surface area is 145 Å². The van der Waals surface area contributed by atoms with E-state index in [0.717, 1.165) is 11.3 Å². The monoisotopic (exact) mass is 338 g/mol. The number of nitrogens with one attached hydrogen (secondary N) is 2. The van der Waals surface area contributed by atoms with Crippen LogP contribution < -0.4 is 20.1 Å². The number of carbonyl (C=O) groups excluding carboxylic acids is 2. The SMILES string of the molecule is CC1(C)C(=O)Nc2ccc(C(=O)Nc3ccc4c(c3)OCCO4)cc21. The second-order valence-corrected chi connectivity index (χ2v) is 6.65. The maximum atomic E-state index is 12.6. The zero-order chi connectivity index (χ0) is 17.6. The molecular weight excluding hydrogens is 320 g/mol. The number of hydrogen-bond acceptors (Lipinski definition) is 4. The number of ether oxygens (including phenoxy) is 2. The number of benzene rings is 2. The third-order valence-corrected chi connectivity index (χ3v) is 4.57. The first kappa shape index (κ1) is 15.5. The summed E-state index contributed by atoms with van der Waals surface area (Å²) in [5.41, 5.74) is 2.06. The van der Waals surface area contributed by atoms with Gasteiger partial charge in [-0.1, -0.05) is 0 Å². The van der Waals surface area contributed by atoms with Crippen LogP contribution in [0.4, 0.5) is 11.4 Å². The Hall–Kier alpha value is -3.02. The lowest BCUT2D eigenvalue weighted by Gasteiger charge is -2.19. The standard InChI is InChI=1S/C19H18N2O4/c1-19(2)13-9-11(3-5-14(13)21-18(19)23)17(22)20-12-4-6-15-16(10-12)25-8-7-24-15/h3-6,9-10H,7-8H2,1-2H3,(H,20,22)(H,21,23). The third kappa shape index (κ3) is 2.59. The van der Waals surface area contributed by atoms with Crippen molar-refractivity contribution in [3.8, 4) is 11.5 Å². The summed E-state index contributed by atoms with van der Waals surface area (Å²) in [6.07, 6.45) is 0. The van der Waals surface area contributed by atoms with Gasteiger partial charge in [0.25, 0.3) is 5.91 Å². The topological polar surface area (TPSA) is 76.7 Å². The molecule has 0 atom stereocenters. The van der Waals surface area contributed by atoms with E-state index in [0.29, 0.717) is 36.0 Å². The number of carbonyl (C=O) groups is 2. The molecule has 0 saturated heterocycles. The predicted octanol–water partition coefficient (Wildman–Crippen LogP) is 2.94. The Morgan fingerprint density at radius 2 is 1.84 bits per heavy atom. The van der Waals surface area contributed by atoms with Crippen molar-refractivity contribution >= 4 is 23.2 Å². The van der Waals surface area contributed by atoms with Gasteiger partial charge in [-0.3, -0.25) is 9.59 Å². The van der Waals surface area contributed by atoms with E-state index in [9.17, 15) is 9.59 Å². The summed E-state index contributed by atoms with van der Waals surface area (Å²) < 4.78 is 11.0. The molecule has 0 saturated carbocycles. The van der Waals surface area contributed by atoms with E-state index in [-0.39, 0.29) is 11.8 Å². The normalized spacial score (nSPS) is 16.8. The molecule has 0 aromatic heterocycles. The van der Waals surface area contributed by atoms with Crippen LogP contribution >= 0.6 is 0 Å². The van der Waals surface area contributed by atoms with Crippen LogP contribution in [0.15, 0.2) is 36.4 Å². The summed E-state index contributed by atoms with van der Waals surface area (Å²) >= 11 is 0. The van der Waals surface area contributed by atoms with Gasteiger partial charge in [0.15, 0.2) is 11.5 Å². The third-order valence-electron chi connectivity index (χ3n) is 4.57. The molecule has 2 aromatic carbocycles. The molecule has 2 aliphatic heterocycles. The first-order valence-corrected chi connectivity index (χ1v) is 8.12. The average molecular weight is 338 g/mol. The van der Waals surface area contributed by atoms with Crippen LogP contribution in [0.2, 0.25) is 0 Å². The molecule has 0 radical (unpaired) electrons. The summed E-state index contributed by atoms with van der Waals surface area (Å²) in [4.78, 5) is 24.6. The van der Waals surface area contributed by atoms with E-state index in [4.69, 9.17) is 9.47 Å². The smallest absolute Gasteiger partial charge is 0.255 e. The number of fused-ring (bicyclic) bond motifs is 2. The molecule has 0 spiro atoms. The van der Waals surface area contributed by atoms with Crippen molar-refractivity contribution < 1.29 is 19.1 Å². The first-order valence-electron chi connectivity index (χ1n) is 8.12. The molecule has 2 aliphatic rings. The molecule has 0 bridgehead atoms. The Morgan fingerprint density at radius 3 is 2.64 bits per heavy atom.